The van der Waals surface area contributed by atoms with Crippen LogP contribution in [-0.4, -0.2) is 17.0 Å². The normalized spacial score (nSPS) is 10.4. The second-order valence-corrected chi connectivity index (χ2v) is 4.83. The zero-order valence-corrected chi connectivity index (χ0v) is 12.5. The molecule has 1 heterocycles. The van der Waals surface area contributed by atoms with Crippen molar-refractivity contribution in [3.8, 4) is 11.6 Å². The maximum Gasteiger partial charge on any atom is 0.224 e. The van der Waals surface area contributed by atoms with Crippen molar-refractivity contribution in [2.45, 2.75) is 13.3 Å². The van der Waals surface area contributed by atoms with Gasteiger partial charge in [0.2, 0.25) is 11.7 Å². The molecule has 0 saturated carbocycles. The number of hydrogen-bond acceptors (Lipinski definition) is 4. The van der Waals surface area contributed by atoms with Gasteiger partial charge in [-0.05, 0) is 12.1 Å². The van der Waals surface area contributed by atoms with Crippen LogP contribution in [0.4, 0.5) is 14.6 Å². The zero-order valence-electron chi connectivity index (χ0n) is 10.9. The van der Waals surface area contributed by atoms with Crippen LogP contribution in [0.3, 0.4) is 0 Å². The smallest absolute Gasteiger partial charge is 0.224 e. The number of hydrogen-bond donors (Lipinski definition) is 1. The van der Waals surface area contributed by atoms with Crippen LogP contribution in [-0.2, 0) is 6.42 Å². The summed E-state index contributed by atoms with van der Waals surface area (Å²) in [6, 6.07) is 3.88. The second kappa shape index (κ2) is 6.13. The predicted molar refractivity (Wildman–Crippen MR) is 75.1 cm³/mol. The molecule has 0 aliphatic rings. The Kier molecular flexibility index (Phi) is 4.49. The lowest BCUT2D eigenvalue weighted by molar-refractivity contribution is 0.403. The maximum absolute atomic E-state index is 13.7. The molecule has 2 aromatic rings. The highest BCUT2D eigenvalue weighted by Crippen LogP contribution is 2.29. The highest BCUT2D eigenvalue weighted by Gasteiger charge is 2.13. The zero-order chi connectivity index (χ0) is 14.7. The van der Waals surface area contributed by atoms with E-state index in [0.717, 1.165) is 6.07 Å². The average Bonchev–Trinajstić information content (AvgIpc) is 2.43. The van der Waals surface area contributed by atoms with Gasteiger partial charge in [-0.3, -0.25) is 0 Å². The Hall–Kier alpha value is -1.76. The molecule has 0 radical (unpaired) electrons. The molecule has 0 unspecified atom stereocenters. The molecule has 0 spiro atoms. The van der Waals surface area contributed by atoms with E-state index in [9.17, 15) is 8.78 Å². The Morgan fingerprint density at radius 1 is 1.25 bits per heavy atom. The molecule has 4 nitrogen and oxygen atoms in total. The molecule has 0 saturated heterocycles. The van der Waals surface area contributed by atoms with Crippen molar-refractivity contribution in [3.05, 3.63) is 40.1 Å². The molecule has 0 atom stereocenters. The van der Waals surface area contributed by atoms with Crippen LogP contribution < -0.4 is 10.1 Å². The summed E-state index contributed by atoms with van der Waals surface area (Å²) in [5, 5.41) is 2.86. The van der Waals surface area contributed by atoms with E-state index in [2.05, 4.69) is 31.2 Å². The molecule has 1 aromatic heterocycles. The van der Waals surface area contributed by atoms with Crippen LogP contribution in [0.25, 0.3) is 0 Å². The van der Waals surface area contributed by atoms with Crippen LogP contribution in [0, 0.1) is 11.6 Å². The first-order chi connectivity index (χ1) is 9.53. The van der Waals surface area contributed by atoms with Crippen molar-refractivity contribution in [2.24, 2.45) is 0 Å². The molecule has 0 amide bonds. The Morgan fingerprint density at radius 3 is 2.65 bits per heavy atom. The molecule has 0 aliphatic heterocycles. The molecule has 0 bridgehead atoms. The van der Waals surface area contributed by atoms with Crippen LogP contribution in [0.2, 0.25) is 0 Å². The van der Waals surface area contributed by atoms with Crippen molar-refractivity contribution in [2.75, 3.05) is 12.4 Å². The Bertz CT molecular complexity index is 615. The van der Waals surface area contributed by atoms with Gasteiger partial charge in [-0.2, -0.15) is 9.37 Å². The van der Waals surface area contributed by atoms with Gasteiger partial charge in [-0.25, -0.2) is 9.37 Å². The summed E-state index contributed by atoms with van der Waals surface area (Å²) in [6.07, 6.45) is 0.598. The fraction of sp³-hybridized carbons (Fsp3) is 0.231. The Balaban J connectivity index is 2.39. The van der Waals surface area contributed by atoms with Gasteiger partial charge < -0.3 is 10.1 Å². The number of nitrogens with zero attached hydrogens (tertiary/aromatic N) is 2. The molecule has 7 heteroatoms. The summed E-state index contributed by atoms with van der Waals surface area (Å²) in [5.41, 5.74) is 0. The van der Waals surface area contributed by atoms with E-state index in [1.165, 1.54) is 12.1 Å². The van der Waals surface area contributed by atoms with E-state index >= 15 is 0 Å². The largest absolute Gasteiger partial charge is 0.436 e. The Labute approximate surface area is 123 Å². The first-order valence-electron chi connectivity index (χ1n) is 5.91. The van der Waals surface area contributed by atoms with Gasteiger partial charge in [0.15, 0.2) is 11.6 Å². The minimum absolute atomic E-state index is 0.151. The van der Waals surface area contributed by atoms with E-state index in [1.807, 2.05) is 6.92 Å². The first-order valence-corrected chi connectivity index (χ1v) is 6.71. The standard InChI is InChI=1S/C13H12BrF2N3O/c1-3-10-18-11(17-2)6-12(19-10)20-9-5-7(14)4-8(15)13(9)16/h4-6H,3H2,1-2H3,(H,17,18,19). The molecule has 2 rings (SSSR count). The molecule has 0 fully saturated rings. The first kappa shape index (κ1) is 14.6. The van der Waals surface area contributed by atoms with Gasteiger partial charge in [-0.1, -0.05) is 22.9 Å². The summed E-state index contributed by atoms with van der Waals surface area (Å²) in [4.78, 5) is 8.31. The highest BCUT2D eigenvalue weighted by molar-refractivity contribution is 9.10. The van der Waals surface area contributed by atoms with E-state index in [1.54, 1.807) is 7.05 Å². The number of anilines is 1. The quantitative estimate of drug-likeness (QED) is 0.855. The summed E-state index contributed by atoms with van der Waals surface area (Å²) in [6.45, 7) is 1.89. The fourth-order valence-electron chi connectivity index (χ4n) is 1.53. The van der Waals surface area contributed by atoms with E-state index in [-0.39, 0.29) is 11.6 Å². The average molecular weight is 344 g/mol. The van der Waals surface area contributed by atoms with Crippen molar-refractivity contribution >= 4 is 21.7 Å². The lowest BCUT2D eigenvalue weighted by Gasteiger charge is -2.09. The summed E-state index contributed by atoms with van der Waals surface area (Å²) < 4.78 is 32.7. The minimum Gasteiger partial charge on any atom is -0.436 e. The topological polar surface area (TPSA) is 47.0 Å². The molecule has 1 N–H and O–H groups in total. The van der Waals surface area contributed by atoms with Gasteiger partial charge in [0.1, 0.15) is 11.6 Å². The van der Waals surface area contributed by atoms with Crippen LogP contribution in [0.5, 0.6) is 11.6 Å². The number of ether oxygens (including phenoxy) is 1. The SMILES string of the molecule is CCc1nc(NC)cc(Oc2cc(Br)cc(F)c2F)n1. The monoisotopic (exact) mass is 343 g/mol. The molecular formula is C13H12BrF2N3O. The van der Waals surface area contributed by atoms with Crippen LogP contribution in [0.15, 0.2) is 22.7 Å². The van der Waals surface area contributed by atoms with Crippen LogP contribution >= 0.6 is 15.9 Å². The van der Waals surface area contributed by atoms with Gasteiger partial charge >= 0.3 is 0 Å². The lowest BCUT2D eigenvalue weighted by Crippen LogP contribution is -2.02. The lowest BCUT2D eigenvalue weighted by atomic mass is 10.3. The third kappa shape index (κ3) is 3.22. The minimum atomic E-state index is -1.06. The molecule has 1 aromatic carbocycles. The van der Waals surface area contributed by atoms with Gasteiger partial charge in [0.25, 0.3) is 0 Å². The van der Waals surface area contributed by atoms with Crippen molar-refractivity contribution < 1.29 is 13.5 Å². The number of aryl methyl sites for hydroxylation is 1. The molecule has 20 heavy (non-hydrogen) atoms. The predicted octanol–water partition coefficient (Wildman–Crippen LogP) is 3.91. The summed E-state index contributed by atoms with van der Waals surface area (Å²) in [5.74, 6) is -1.05. The van der Waals surface area contributed by atoms with E-state index in [0.29, 0.717) is 22.5 Å². The van der Waals surface area contributed by atoms with Crippen molar-refractivity contribution in [1.82, 2.24) is 9.97 Å². The van der Waals surface area contributed by atoms with Gasteiger partial charge in [0, 0.05) is 24.0 Å². The number of halogens is 3. The molecule has 106 valence electrons. The van der Waals surface area contributed by atoms with Gasteiger partial charge in [-0.15, -0.1) is 0 Å². The Morgan fingerprint density at radius 2 is 2.00 bits per heavy atom. The van der Waals surface area contributed by atoms with E-state index in [4.69, 9.17) is 4.74 Å². The summed E-state index contributed by atoms with van der Waals surface area (Å²) in [7, 11) is 1.70. The van der Waals surface area contributed by atoms with Crippen LogP contribution in [0.1, 0.15) is 12.7 Å². The third-order valence-corrected chi connectivity index (χ3v) is 2.95. The number of rotatable bonds is 4. The summed E-state index contributed by atoms with van der Waals surface area (Å²) >= 11 is 3.08. The number of benzene rings is 1. The fourth-order valence-corrected chi connectivity index (χ4v) is 1.94. The highest BCUT2D eigenvalue weighted by atomic mass is 79.9. The number of nitrogens with one attached hydrogen (secondary N) is 1. The molecular weight excluding hydrogens is 332 g/mol. The van der Waals surface area contributed by atoms with Gasteiger partial charge in [0.05, 0.1) is 0 Å². The van der Waals surface area contributed by atoms with Crippen molar-refractivity contribution in [1.29, 1.82) is 0 Å². The van der Waals surface area contributed by atoms with E-state index < -0.39 is 11.6 Å². The second-order valence-electron chi connectivity index (χ2n) is 3.91. The number of aromatic nitrogens is 2. The molecule has 0 aliphatic carbocycles. The third-order valence-electron chi connectivity index (χ3n) is 2.50. The van der Waals surface area contributed by atoms with Crippen molar-refractivity contribution in [3.63, 3.8) is 0 Å². The maximum atomic E-state index is 13.7.